The second-order valence-corrected chi connectivity index (χ2v) is 4.79. The third-order valence-electron chi connectivity index (χ3n) is 3.41. The lowest BCUT2D eigenvalue weighted by molar-refractivity contribution is 0.848. The summed E-state index contributed by atoms with van der Waals surface area (Å²) in [6.45, 7) is 0. The summed E-state index contributed by atoms with van der Waals surface area (Å²) in [6, 6.07) is 25.3. The molecule has 21 heavy (non-hydrogen) atoms. The molecule has 0 aliphatic carbocycles. The highest BCUT2D eigenvalue weighted by atomic mass is 15.4. The lowest BCUT2D eigenvalue weighted by Crippen LogP contribution is -1.91. The molecule has 0 saturated heterocycles. The van der Waals surface area contributed by atoms with Gasteiger partial charge in [0.2, 0.25) is 0 Å². The smallest absolute Gasteiger partial charge is 0.114 e. The van der Waals surface area contributed by atoms with Crippen LogP contribution in [0.15, 0.2) is 66.7 Å². The number of aromatic nitrogens is 3. The number of benzene rings is 3. The monoisotopic (exact) mass is 269 g/mol. The largest absolute Gasteiger partial charge is 0.169 e. The van der Waals surface area contributed by atoms with E-state index < -0.39 is 0 Å². The normalized spacial score (nSPS) is 10.5. The van der Waals surface area contributed by atoms with Gasteiger partial charge in [-0.05, 0) is 41.0 Å². The van der Waals surface area contributed by atoms with Gasteiger partial charge < -0.3 is 0 Å². The summed E-state index contributed by atoms with van der Waals surface area (Å²) in [4.78, 5) is 0. The molecule has 4 rings (SSSR count). The Labute approximate surface area is 121 Å². The standard InChI is InChI=1S/C18H11N3/c1-2-6-16-13-14(9-10-15(16)5-1)11-12-21-18-8-4-3-7-17(18)19-20-21/h1-10,13H. The van der Waals surface area contributed by atoms with Gasteiger partial charge in [0.15, 0.2) is 0 Å². The number of para-hydroxylation sites is 1. The Balaban J connectivity index is 1.78. The molecule has 0 atom stereocenters. The van der Waals surface area contributed by atoms with E-state index in [2.05, 4.69) is 46.5 Å². The summed E-state index contributed by atoms with van der Waals surface area (Å²) in [6.07, 6.45) is 0. The number of fused-ring (bicyclic) bond motifs is 2. The van der Waals surface area contributed by atoms with Crippen molar-refractivity contribution in [2.75, 3.05) is 0 Å². The van der Waals surface area contributed by atoms with Gasteiger partial charge in [0.1, 0.15) is 11.0 Å². The van der Waals surface area contributed by atoms with Crippen molar-refractivity contribution in [3.8, 4) is 12.0 Å². The maximum absolute atomic E-state index is 4.09. The van der Waals surface area contributed by atoms with Gasteiger partial charge in [0.05, 0.1) is 0 Å². The zero-order chi connectivity index (χ0) is 14.1. The van der Waals surface area contributed by atoms with Gasteiger partial charge in [-0.3, -0.25) is 0 Å². The van der Waals surface area contributed by atoms with Crippen LogP contribution in [-0.2, 0) is 0 Å². The second-order valence-electron chi connectivity index (χ2n) is 4.79. The van der Waals surface area contributed by atoms with E-state index in [0.717, 1.165) is 16.6 Å². The first-order chi connectivity index (χ1) is 10.4. The number of hydrogen-bond donors (Lipinski definition) is 0. The minimum absolute atomic E-state index is 0.852. The van der Waals surface area contributed by atoms with Crippen LogP contribution in [-0.4, -0.2) is 15.0 Å². The molecule has 0 radical (unpaired) electrons. The second kappa shape index (κ2) is 4.77. The third kappa shape index (κ3) is 2.13. The van der Waals surface area contributed by atoms with E-state index >= 15 is 0 Å². The predicted molar refractivity (Wildman–Crippen MR) is 83.8 cm³/mol. The number of nitrogens with zero attached hydrogens (tertiary/aromatic N) is 3. The maximum Gasteiger partial charge on any atom is 0.114 e. The van der Waals surface area contributed by atoms with Gasteiger partial charge in [-0.25, -0.2) is 0 Å². The molecule has 0 aliphatic heterocycles. The van der Waals surface area contributed by atoms with Gasteiger partial charge in [-0.15, -0.1) is 5.10 Å². The van der Waals surface area contributed by atoms with Crippen LogP contribution < -0.4 is 0 Å². The Morgan fingerprint density at radius 3 is 2.57 bits per heavy atom. The van der Waals surface area contributed by atoms with Crippen molar-refractivity contribution < 1.29 is 0 Å². The molecule has 0 fully saturated rings. The number of rotatable bonds is 0. The van der Waals surface area contributed by atoms with E-state index in [-0.39, 0.29) is 0 Å². The molecular weight excluding hydrogens is 258 g/mol. The summed E-state index contributed by atoms with van der Waals surface area (Å²) < 4.78 is 1.62. The van der Waals surface area contributed by atoms with Crippen molar-refractivity contribution in [1.82, 2.24) is 15.0 Å². The quantitative estimate of drug-likeness (QED) is 0.458. The Kier molecular flexibility index (Phi) is 2.65. The van der Waals surface area contributed by atoms with E-state index in [0.29, 0.717) is 0 Å². The van der Waals surface area contributed by atoms with Gasteiger partial charge >= 0.3 is 0 Å². The topological polar surface area (TPSA) is 30.7 Å². The first-order valence-electron chi connectivity index (χ1n) is 6.71. The molecule has 4 aromatic rings. The fraction of sp³-hybridized carbons (Fsp3) is 0. The molecule has 0 aliphatic rings. The summed E-state index contributed by atoms with van der Waals surface area (Å²) in [5.74, 6) is 3.14. The van der Waals surface area contributed by atoms with Crippen LogP contribution in [0, 0.1) is 12.0 Å². The molecular formula is C18H11N3. The molecule has 0 spiro atoms. The summed E-state index contributed by atoms with van der Waals surface area (Å²) in [5.41, 5.74) is 2.74. The fourth-order valence-corrected chi connectivity index (χ4v) is 2.34. The summed E-state index contributed by atoms with van der Waals surface area (Å²) >= 11 is 0. The highest BCUT2D eigenvalue weighted by Gasteiger charge is 1.99. The van der Waals surface area contributed by atoms with E-state index in [1.165, 1.54) is 10.8 Å². The number of hydrogen-bond acceptors (Lipinski definition) is 2. The average molecular weight is 269 g/mol. The Morgan fingerprint density at radius 1 is 0.810 bits per heavy atom. The van der Waals surface area contributed by atoms with Crippen LogP contribution in [0.5, 0.6) is 0 Å². The van der Waals surface area contributed by atoms with Crippen molar-refractivity contribution in [1.29, 1.82) is 0 Å². The maximum atomic E-state index is 4.09. The molecule has 0 saturated carbocycles. The van der Waals surface area contributed by atoms with Crippen LogP contribution in [0.4, 0.5) is 0 Å². The van der Waals surface area contributed by atoms with Crippen molar-refractivity contribution in [2.24, 2.45) is 0 Å². The molecule has 3 heteroatoms. The SMILES string of the molecule is C(#Cn1nnc2ccccc21)c1ccc2ccccc2c1. The van der Waals surface area contributed by atoms with E-state index in [1.807, 2.05) is 42.5 Å². The van der Waals surface area contributed by atoms with Crippen LogP contribution in [0.1, 0.15) is 5.56 Å². The molecule has 0 amide bonds. The van der Waals surface area contributed by atoms with E-state index in [4.69, 9.17) is 0 Å². The van der Waals surface area contributed by atoms with Crippen LogP contribution in [0.3, 0.4) is 0 Å². The molecule has 0 bridgehead atoms. The predicted octanol–water partition coefficient (Wildman–Crippen LogP) is 3.44. The zero-order valence-electron chi connectivity index (χ0n) is 11.2. The van der Waals surface area contributed by atoms with E-state index in [9.17, 15) is 0 Å². The van der Waals surface area contributed by atoms with Crippen molar-refractivity contribution in [3.05, 3.63) is 72.3 Å². The first kappa shape index (κ1) is 11.7. The molecule has 1 heterocycles. The van der Waals surface area contributed by atoms with Crippen LogP contribution in [0.2, 0.25) is 0 Å². The van der Waals surface area contributed by atoms with Gasteiger partial charge in [-0.2, -0.15) is 4.68 Å². The van der Waals surface area contributed by atoms with Crippen molar-refractivity contribution >= 4 is 21.8 Å². The minimum atomic E-state index is 0.852. The summed E-state index contributed by atoms with van der Waals surface area (Å²) in [7, 11) is 0. The summed E-state index contributed by atoms with van der Waals surface area (Å²) in [5, 5.41) is 10.6. The lowest BCUT2D eigenvalue weighted by Gasteiger charge is -1.97. The van der Waals surface area contributed by atoms with Crippen LogP contribution >= 0.6 is 0 Å². The Hall–Kier alpha value is -3.12. The average Bonchev–Trinajstić information content (AvgIpc) is 2.96. The molecule has 0 N–H and O–H groups in total. The van der Waals surface area contributed by atoms with Crippen LogP contribution in [0.25, 0.3) is 21.8 Å². The minimum Gasteiger partial charge on any atom is -0.169 e. The molecule has 1 aromatic heterocycles. The van der Waals surface area contributed by atoms with E-state index in [1.54, 1.807) is 4.68 Å². The highest BCUT2D eigenvalue weighted by Crippen LogP contribution is 2.15. The molecule has 3 aromatic carbocycles. The molecule has 0 unspecified atom stereocenters. The highest BCUT2D eigenvalue weighted by molar-refractivity contribution is 5.83. The first-order valence-corrected chi connectivity index (χ1v) is 6.71. The Bertz CT molecular complexity index is 1000. The lowest BCUT2D eigenvalue weighted by atomic mass is 10.1. The van der Waals surface area contributed by atoms with Gasteiger partial charge in [0, 0.05) is 11.6 Å². The third-order valence-corrected chi connectivity index (χ3v) is 3.41. The zero-order valence-corrected chi connectivity index (χ0v) is 11.2. The van der Waals surface area contributed by atoms with Gasteiger partial charge in [-0.1, -0.05) is 47.7 Å². The molecule has 98 valence electrons. The fourth-order valence-electron chi connectivity index (χ4n) is 2.34. The van der Waals surface area contributed by atoms with Crippen molar-refractivity contribution in [2.45, 2.75) is 0 Å². The van der Waals surface area contributed by atoms with Crippen molar-refractivity contribution in [3.63, 3.8) is 0 Å². The Morgan fingerprint density at radius 2 is 1.62 bits per heavy atom. The molecule has 3 nitrogen and oxygen atoms in total. The van der Waals surface area contributed by atoms with Gasteiger partial charge in [0.25, 0.3) is 0 Å².